The van der Waals surface area contributed by atoms with Gasteiger partial charge in [-0.2, -0.15) is 0 Å². The largest absolute Gasteiger partial charge is 0.478 e. The SMILES string of the molecule is C=CCn1c(CNC(=O)c2cccc(C)c2)nnc1SCC(=O)Nc1ccc(C(=O)O)cc1. The Labute approximate surface area is 194 Å². The molecule has 2 amide bonds. The lowest BCUT2D eigenvalue weighted by molar-refractivity contribution is -0.113. The van der Waals surface area contributed by atoms with Gasteiger partial charge in [0.1, 0.15) is 0 Å². The molecule has 0 atom stereocenters. The molecule has 0 saturated heterocycles. The molecule has 0 saturated carbocycles. The molecule has 0 fully saturated rings. The Balaban J connectivity index is 1.59. The number of aryl methyl sites for hydroxylation is 1. The average Bonchev–Trinajstić information content (AvgIpc) is 3.18. The number of hydrogen-bond donors (Lipinski definition) is 3. The predicted molar refractivity (Wildman–Crippen MR) is 125 cm³/mol. The van der Waals surface area contributed by atoms with Crippen LogP contribution in [0.2, 0.25) is 0 Å². The number of benzene rings is 2. The molecule has 3 rings (SSSR count). The lowest BCUT2D eigenvalue weighted by Gasteiger charge is -2.09. The topological polar surface area (TPSA) is 126 Å². The van der Waals surface area contributed by atoms with Gasteiger partial charge in [0.25, 0.3) is 5.91 Å². The van der Waals surface area contributed by atoms with Crippen molar-refractivity contribution in [2.45, 2.75) is 25.2 Å². The van der Waals surface area contributed by atoms with Crippen LogP contribution in [0.15, 0.2) is 66.3 Å². The van der Waals surface area contributed by atoms with Crippen LogP contribution in [-0.2, 0) is 17.9 Å². The first-order chi connectivity index (χ1) is 15.9. The standard InChI is InChI=1S/C23H23N5O4S/c1-3-11-28-19(13-24-21(30)17-6-4-5-15(2)12-17)26-27-23(28)33-14-20(29)25-18-9-7-16(8-10-18)22(31)32/h3-10,12H,1,11,13-14H2,2H3,(H,24,30)(H,25,29)(H,31,32). The highest BCUT2D eigenvalue weighted by Gasteiger charge is 2.15. The van der Waals surface area contributed by atoms with E-state index in [1.165, 1.54) is 36.0 Å². The number of amides is 2. The summed E-state index contributed by atoms with van der Waals surface area (Å²) in [5, 5.41) is 23.3. The van der Waals surface area contributed by atoms with Gasteiger partial charge in [-0.05, 0) is 43.3 Å². The molecule has 1 aromatic heterocycles. The number of carboxylic acids is 1. The zero-order valence-corrected chi connectivity index (χ0v) is 18.8. The first-order valence-corrected chi connectivity index (χ1v) is 11.0. The van der Waals surface area contributed by atoms with E-state index in [0.717, 1.165) is 5.56 Å². The van der Waals surface area contributed by atoms with E-state index in [4.69, 9.17) is 5.11 Å². The lowest BCUT2D eigenvalue weighted by Crippen LogP contribution is -2.25. The Morgan fingerprint density at radius 2 is 1.88 bits per heavy atom. The summed E-state index contributed by atoms with van der Waals surface area (Å²) < 4.78 is 1.78. The molecule has 1 heterocycles. The van der Waals surface area contributed by atoms with E-state index in [1.807, 2.05) is 19.1 Å². The number of rotatable bonds is 10. The number of nitrogens with zero attached hydrogens (tertiary/aromatic N) is 3. The second-order valence-electron chi connectivity index (χ2n) is 7.07. The number of thioether (sulfide) groups is 1. The molecule has 0 aliphatic carbocycles. The first kappa shape index (κ1) is 23.7. The zero-order chi connectivity index (χ0) is 23.8. The summed E-state index contributed by atoms with van der Waals surface area (Å²) >= 11 is 1.20. The molecular formula is C23H23N5O4S. The maximum atomic E-state index is 12.4. The number of aromatic carboxylic acids is 1. The first-order valence-electron chi connectivity index (χ1n) is 10.0. The smallest absolute Gasteiger partial charge is 0.335 e. The van der Waals surface area contributed by atoms with Crippen LogP contribution in [0.1, 0.15) is 32.1 Å². The minimum atomic E-state index is -1.03. The van der Waals surface area contributed by atoms with Crippen LogP contribution in [0.5, 0.6) is 0 Å². The fourth-order valence-electron chi connectivity index (χ4n) is 2.94. The van der Waals surface area contributed by atoms with Crippen molar-refractivity contribution in [2.24, 2.45) is 0 Å². The molecule has 0 aliphatic rings. The molecule has 9 nitrogen and oxygen atoms in total. The van der Waals surface area contributed by atoms with Crippen molar-refractivity contribution < 1.29 is 19.5 Å². The third-order valence-electron chi connectivity index (χ3n) is 4.54. The highest BCUT2D eigenvalue weighted by atomic mass is 32.2. The van der Waals surface area contributed by atoms with Gasteiger partial charge in [0.2, 0.25) is 5.91 Å². The lowest BCUT2D eigenvalue weighted by atomic mass is 10.1. The number of anilines is 1. The number of carbonyl (C=O) groups excluding carboxylic acids is 2. The summed E-state index contributed by atoms with van der Waals surface area (Å²) in [7, 11) is 0. The third kappa shape index (κ3) is 6.53. The Kier molecular flexibility index (Phi) is 7.98. The maximum Gasteiger partial charge on any atom is 0.335 e. The second-order valence-corrected chi connectivity index (χ2v) is 8.01. The fourth-order valence-corrected chi connectivity index (χ4v) is 3.71. The minimum Gasteiger partial charge on any atom is -0.478 e. The molecule has 10 heteroatoms. The summed E-state index contributed by atoms with van der Waals surface area (Å²) in [5.41, 5.74) is 2.19. The van der Waals surface area contributed by atoms with Gasteiger partial charge in [-0.1, -0.05) is 35.5 Å². The van der Waals surface area contributed by atoms with Gasteiger partial charge in [0, 0.05) is 17.8 Å². The van der Waals surface area contributed by atoms with Crippen LogP contribution < -0.4 is 10.6 Å². The van der Waals surface area contributed by atoms with Crippen LogP contribution in [-0.4, -0.2) is 43.4 Å². The third-order valence-corrected chi connectivity index (χ3v) is 5.51. The van der Waals surface area contributed by atoms with Crippen LogP contribution in [0, 0.1) is 6.92 Å². The summed E-state index contributed by atoms with van der Waals surface area (Å²) in [6.45, 7) is 6.26. The van der Waals surface area contributed by atoms with Crippen molar-refractivity contribution in [1.82, 2.24) is 20.1 Å². The highest BCUT2D eigenvalue weighted by Crippen LogP contribution is 2.18. The van der Waals surface area contributed by atoms with Crippen molar-refractivity contribution in [3.63, 3.8) is 0 Å². The second kappa shape index (κ2) is 11.1. The van der Waals surface area contributed by atoms with Gasteiger partial charge in [-0.15, -0.1) is 16.8 Å². The van der Waals surface area contributed by atoms with Crippen LogP contribution in [0.25, 0.3) is 0 Å². The van der Waals surface area contributed by atoms with Gasteiger partial charge >= 0.3 is 5.97 Å². The number of carbonyl (C=O) groups is 3. The molecule has 0 spiro atoms. The number of hydrogen-bond acceptors (Lipinski definition) is 6. The molecule has 3 N–H and O–H groups in total. The normalized spacial score (nSPS) is 10.5. The van der Waals surface area contributed by atoms with Gasteiger partial charge in [-0.3, -0.25) is 9.59 Å². The van der Waals surface area contributed by atoms with Crippen molar-refractivity contribution in [1.29, 1.82) is 0 Å². The predicted octanol–water partition coefficient (Wildman–Crippen LogP) is 3.13. The molecule has 0 unspecified atom stereocenters. The molecular weight excluding hydrogens is 442 g/mol. The van der Waals surface area contributed by atoms with Crippen molar-refractivity contribution in [3.05, 3.63) is 83.7 Å². The Bertz CT molecular complexity index is 1170. The zero-order valence-electron chi connectivity index (χ0n) is 17.9. The van der Waals surface area contributed by atoms with E-state index in [9.17, 15) is 14.4 Å². The summed E-state index contributed by atoms with van der Waals surface area (Å²) in [6, 6.07) is 13.2. The summed E-state index contributed by atoms with van der Waals surface area (Å²) in [4.78, 5) is 35.6. The molecule has 2 aromatic carbocycles. The minimum absolute atomic E-state index is 0.0750. The molecule has 0 radical (unpaired) electrons. The molecule has 0 aliphatic heterocycles. The van der Waals surface area contributed by atoms with E-state index in [0.29, 0.717) is 28.8 Å². The quantitative estimate of drug-likeness (QED) is 0.310. The maximum absolute atomic E-state index is 12.4. The Hall–Kier alpha value is -3.92. The van der Waals surface area contributed by atoms with Crippen molar-refractivity contribution in [2.75, 3.05) is 11.1 Å². The van der Waals surface area contributed by atoms with Crippen LogP contribution in [0.4, 0.5) is 5.69 Å². The van der Waals surface area contributed by atoms with Gasteiger partial charge in [-0.25, -0.2) is 4.79 Å². The Morgan fingerprint density at radius 3 is 2.55 bits per heavy atom. The number of aromatic nitrogens is 3. The molecule has 0 bridgehead atoms. The summed E-state index contributed by atoms with van der Waals surface area (Å²) in [6.07, 6.45) is 1.68. The van der Waals surface area contributed by atoms with Crippen LogP contribution in [0.3, 0.4) is 0 Å². The molecule has 33 heavy (non-hydrogen) atoms. The van der Waals surface area contributed by atoms with E-state index in [2.05, 4.69) is 27.4 Å². The number of nitrogens with one attached hydrogen (secondary N) is 2. The Morgan fingerprint density at radius 1 is 1.12 bits per heavy atom. The van der Waals surface area contributed by atoms with E-state index < -0.39 is 5.97 Å². The van der Waals surface area contributed by atoms with Gasteiger partial charge in [0.15, 0.2) is 11.0 Å². The molecule has 3 aromatic rings. The average molecular weight is 466 g/mol. The van der Waals surface area contributed by atoms with Gasteiger partial charge < -0.3 is 20.3 Å². The van der Waals surface area contributed by atoms with E-state index >= 15 is 0 Å². The van der Waals surface area contributed by atoms with E-state index in [1.54, 1.807) is 22.8 Å². The highest BCUT2D eigenvalue weighted by molar-refractivity contribution is 7.99. The molecule has 170 valence electrons. The van der Waals surface area contributed by atoms with Gasteiger partial charge in [0.05, 0.1) is 17.9 Å². The van der Waals surface area contributed by atoms with E-state index in [-0.39, 0.29) is 29.7 Å². The van der Waals surface area contributed by atoms with Crippen molar-refractivity contribution in [3.8, 4) is 0 Å². The number of allylic oxidation sites excluding steroid dienone is 1. The monoisotopic (exact) mass is 465 g/mol. The fraction of sp³-hybridized carbons (Fsp3) is 0.174. The summed E-state index contributed by atoms with van der Waals surface area (Å²) in [5.74, 6) is -0.898. The van der Waals surface area contributed by atoms with Crippen LogP contribution >= 0.6 is 11.8 Å². The van der Waals surface area contributed by atoms with Crippen molar-refractivity contribution >= 4 is 35.2 Å². The number of carboxylic acid groups (broad SMARTS) is 1.